The molecule has 0 radical (unpaired) electrons. The van der Waals surface area contributed by atoms with E-state index in [-0.39, 0.29) is 5.25 Å². The van der Waals surface area contributed by atoms with Gasteiger partial charge < -0.3 is 10.6 Å². The highest BCUT2D eigenvalue weighted by molar-refractivity contribution is 7.98. The van der Waals surface area contributed by atoms with Gasteiger partial charge in [0.15, 0.2) is 5.96 Å². The van der Waals surface area contributed by atoms with Gasteiger partial charge in [0.1, 0.15) is 0 Å². The molecule has 0 bridgehead atoms. The lowest BCUT2D eigenvalue weighted by atomic mass is 10.1. The zero-order chi connectivity index (χ0) is 17.9. The minimum atomic E-state index is 0.282. The molecular weight excluding hydrogens is 352 g/mol. The monoisotopic (exact) mass is 376 g/mol. The molecule has 0 amide bonds. The molecule has 1 aromatic heterocycles. The Kier molecular flexibility index (Phi) is 8.63. The van der Waals surface area contributed by atoms with Crippen LogP contribution < -0.4 is 10.6 Å². The summed E-state index contributed by atoms with van der Waals surface area (Å²) in [6.07, 6.45) is 4.79. The minimum absolute atomic E-state index is 0.282. The van der Waals surface area contributed by atoms with Crippen LogP contribution in [-0.2, 0) is 6.42 Å². The number of aromatic nitrogens is 1. The number of pyridine rings is 1. The second kappa shape index (κ2) is 11.0. The summed E-state index contributed by atoms with van der Waals surface area (Å²) in [4.78, 5) is 9.07. The van der Waals surface area contributed by atoms with E-state index in [1.54, 1.807) is 11.8 Å². The quantitative estimate of drug-likeness (QED) is 0.541. The smallest absolute Gasteiger partial charge is 0.191 e. The van der Waals surface area contributed by atoms with Crippen LogP contribution in [0.2, 0.25) is 5.02 Å². The van der Waals surface area contributed by atoms with E-state index in [0.717, 1.165) is 36.2 Å². The topological polar surface area (TPSA) is 49.3 Å². The van der Waals surface area contributed by atoms with Crippen molar-refractivity contribution in [1.82, 2.24) is 15.6 Å². The average Bonchev–Trinajstić information content (AvgIpc) is 2.63. The Bertz CT molecular complexity index is 663. The second-order valence-corrected chi connectivity index (χ2v) is 6.97. The lowest BCUT2D eigenvalue weighted by molar-refractivity contribution is 0.784. The van der Waals surface area contributed by atoms with Gasteiger partial charge in [0, 0.05) is 41.7 Å². The van der Waals surface area contributed by atoms with Gasteiger partial charge >= 0.3 is 0 Å². The van der Waals surface area contributed by atoms with E-state index in [0.29, 0.717) is 6.54 Å². The maximum Gasteiger partial charge on any atom is 0.191 e. The molecule has 1 aromatic carbocycles. The van der Waals surface area contributed by atoms with Crippen molar-refractivity contribution >= 4 is 29.3 Å². The number of rotatable bonds is 8. The number of nitrogens with zero attached hydrogens (tertiary/aromatic N) is 2. The van der Waals surface area contributed by atoms with Crippen LogP contribution in [-0.4, -0.2) is 36.8 Å². The van der Waals surface area contributed by atoms with Crippen LogP contribution in [0.3, 0.4) is 0 Å². The molecule has 1 unspecified atom stereocenters. The number of hydrogen-bond acceptors (Lipinski definition) is 3. The number of guanidine groups is 1. The number of halogens is 1. The van der Waals surface area contributed by atoms with Crippen LogP contribution in [0.4, 0.5) is 0 Å². The highest BCUT2D eigenvalue weighted by atomic mass is 35.5. The van der Waals surface area contributed by atoms with E-state index in [2.05, 4.69) is 34.9 Å². The lowest BCUT2D eigenvalue weighted by Crippen LogP contribution is -2.38. The van der Waals surface area contributed by atoms with E-state index >= 15 is 0 Å². The number of aliphatic imine (C=N–C) groups is 1. The predicted molar refractivity (Wildman–Crippen MR) is 110 cm³/mol. The first kappa shape index (κ1) is 19.6. The summed E-state index contributed by atoms with van der Waals surface area (Å²) in [7, 11) is 0. The molecule has 0 fully saturated rings. The summed E-state index contributed by atoms with van der Waals surface area (Å²) < 4.78 is 0. The molecule has 0 saturated heterocycles. The van der Waals surface area contributed by atoms with Gasteiger partial charge in [-0.2, -0.15) is 11.8 Å². The van der Waals surface area contributed by atoms with Crippen LogP contribution in [0.5, 0.6) is 0 Å². The first-order valence-electron chi connectivity index (χ1n) is 8.43. The normalized spacial score (nSPS) is 12.7. The van der Waals surface area contributed by atoms with Crippen molar-refractivity contribution in [3.8, 4) is 0 Å². The molecule has 4 nitrogen and oxygen atoms in total. The summed E-state index contributed by atoms with van der Waals surface area (Å²) in [6, 6.07) is 14.0. The Balaban J connectivity index is 1.93. The minimum Gasteiger partial charge on any atom is -0.357 e. The van der Waals surface area contributed by atoms with Crippen molar-refractivity contribution in [2.45, 2.75) is 18.6 Å². The molecule has 2 rings (SSSR count). The Hall–Kier alpha value is -1.72. The Morgan fingerprint density at radius 2 is 2.12 bits per heavy atom. The van der Waals surface area contributed by atoms with Gasteiger partial charge in [-0.3, -0.25) is 9.98 Å². The Morgan fingerprint density at radius 1 is 1.24 bits per heavy atom. The van der Waals surface area contributed by atoms with E-state index in [4.69, 9.17) is 16.6 Å². The number of hydrogen-bond donors (Lipinski definition) is 2. The molecule has 0 aliphatic rings. The van der Waals surface area contributed by atoms with E-state index in [9.17, 15) is 0 Å². The summed E-state index contributed by atoms with van der Waals surface area (Å²) in [5.74, 6) is 0.833. The summed E-state index contributed by atoms with van der Waals surface area (Å²) in [5.41, 5.74) is 2.28. The van der Waals surface area contributed by atoms with Gasteiger partial charge in [-0.25, -0.2) is 0 Å². The van der Waals surface area contributed by atoms with Crippen LogP contribution in [0.25, 0.3) is 0 Å². The first-order valence-corrected chi connectivity index (χ1v) is 10.1. The van der Waals surface area contributed by atoms with E-state index in [1.807, 2.05) is 42.6 Å². The molecule has 0 spiro atoms. The van der Waals surface area contributed by atoms with Crippen LogP contribution >= 0.6 is 23.4 Å². The van der Waals surface area contributed by atoms with Gasteiger partial charge in [0.25, 0.3) is 0 Å². The van der Waals surface area contributed by atoms with E-state index in [1.165, 1.54) is 5.56 Å². The molecule has 0 aliphatic carbocycles. The fourth-order valence-electron chi connectivity index (χ4n) is 2.39. The summed E-state index contributed by atoms with van der Waals surface area (Å²) in [5, 5.41) is 7.72. The number of nitrogens with one attached hydrogen (secondary N) is 2. The third kappa shape index (κ3) is 6.96. The van der Waals surface area contributed by atoms with Gasteiger partial charge in [-0.05, 0) is 43.0 Å². The Labute approximate surface area is 159 Å². The van der Waals surface area contributed by atoms with Crippen LogP contribution in [0.15, 0.2) is 53.7 Å². The van der Waals surface area contributed by atoms with Crippen LogP contribution in [0, 0.1) is 0 Å². The molecule has 1 atom stereocenters. The summed E-state index contributed by atoms with van der Waals surface area (Å²) in [6.45, 7) is 4.39. The van der Waals surface area contributed by atoms with Gasteiger partial charge in [-0.1, -0.05) is 29.8 Å². The average molecular weight is 377 g/mol. The lowest BCUT2D eigenvalue weighted by Gasteiger charge is -2.15. The Morgan fingerprint density at radius 3 is 2.80 bits per heavy atom. The van der Waals surface area contributed by atoms with Crippen molar-refractivity contribution in [2.75, 3.05) is 25.9 Å². The first-order chi connectivity index (χ1) is 12.2. The fraction of sp³-hybridized carbons (Fsp3) is 0.368. The molecule has 0 saturated carbocycles. The SMILES string of the molecule is CCNC(=NCC(SC)c1cccc(Cl)c1)NCCc1ccccn1. The van der Waals surface area contributed by atoms with Crippen molar-refractivity contribution < 1.29 is 0 Å². The van der Waals surface area contributed by atoms with Crippen molar-refractivity contribution in [3.05, 3.63) is 64.9 Å². The van der Waals surface area contributed by atoms with Crippen molar-refractivity contribution in [1.29, 1.82) is 0 Å². The van der Waals surface area contributed by atoms with Crippen molar-refractivity contribution in [3.63, 3.8) is 0 Å². The third-order valence-electron chi connectivity index (χ3n) is 3.66. The molecule has 2 aromatic rings. The molecule has 0 aliphatic heterocycles. The highest BCUT2D eigenvalue weighted by Gasteiger charge is 2.10. The third-order valence-corrected chi connectivity index (χ3v) is 4.89. The molecule has 1 heterocycles. The largest absolute Gasteiger partial charge is 0.357 e. The van der Waals surface area contributed by atoms with Gasteiger partial charge in [-0.15, -0.1) is 0 Å². The van der Waals surface area contributed by atoms with Crippen LogP contribution in [0.1, 0.15) is 23.4 Å². The number of thioether (sulfide) groups is 1. The second-order valence-electron chi connectivity index (χ2n) is 5.50. The zero-order valence-corrected chi connectivity index (χ0v) is 16.3. The fourth-order valence-corrected chi connectivity index (χ4v) is 3.23. The molecule has 6 heteroatoms. The van der Waals surface area contributed by atoms with E-state index < -0.39 is 0 Å². The maximum absolute atomic E-state index is 6.11. The maximum atomic E-state index is 6.11. The van der Waals surface area contributed by atoms with Gasteiger partial charge in [0.05, 0.1) is 6.54 Å². The molecule has 2 N–H and O–H groups in total. The summed E-state index contributed by atoms with van der Waals surface area (Å²) >= 11 is 7.89. The molecule has 25 heavy (non-hydrogen) atoms. The molecule has 134 valence electrons. The highest BCUT2D eigenvalue weighted by Crippen LogP contribution is 2.28. The van der Waals surface area contributed by atoms with Gasteiger partial charge in [0.2, 0.25) is 0 Å². The zero-order valence-electron chi connectivity index (χ0n) is 14.7. The molecular formula is C19H25ClN4S. The standard InChI is InChI=1S/C19H25ClN4S/c1-3-21-19(23-12-10-17-9-4-5-11-22-17)24-14-18(25-2)15-7-6-8-16(20)13-15/h4-9,11,13,18H,3,10,12,14H2,1-2H3,(H2,21,23,24). The predicted octanol–water partition coefficient (Wildman–Crippen LogP) is 3.94. The number of benzene rings is 1. The van der Waals surface area contributed by atoms with Crippen molar-refractivity contribution in [2.24, 2.45) is 4.99 Å².